The third-order valence-corrected chi connectivity index (χ3v) is 6.77. The SMILES string of the molecule is Cc1csc(C(C)Nc2cc(NC[C@H]3CCNC[C@@H]3O)nc3c(C(C)C)cnn23)n1. The minimum Gasteiger partial charge on any atom is -0.391 e. The minimum atomic E-state index is -0.332. The van der Waals surface area contributed by atoms with Gasteiger partial charge in [-0.15, -0.1) is 11.3 Å². The van der Waals surface area contributed by atoms with Gasteiger partial charge in [0.05, 0.1) is 18.3 Å². The van der Waals surface area contributed by atoms with Crippen LogP contribution in [-0.4, -0.2) is 50.4 Å². The van der Waals surface area contributed by atoms with Gasteiger partial charge in [-0.2, -0.15) is 9.61 Å². The summed E-state index contributed by atoms with van der Waals surface area (Å²) < 4.78 is 1.87. The number of nitrogens with zero attached hydrogens (tertiary/aromatic N) is 4. The summed E-state index contributed by atoms with van der Waals surface area (Å²) >= 11 is 1.66. The largest absolute Gasteiger partial charge is 0.391 e. The standard InChI is InChI=1S/C21H31N7OS/c1-12(2)16-9-24-28-19(26-14(4)21-25-13(3)11-30-21)7-18(27-20(16)28)23-8-15-5-6-22-10-17(15)29/h7,9,11-12,14-15,17,22,26,29H,5-6,8,10H2,1-4H3,(H,23,27)/t14?,15-,17+/m1/s1. The van der Waals surface area contributed by atoms with E-state index in [2.05, 4.69) is 52.2 Å². The van der Waals surface area contributed by atoms with Crippen molar-refractivity contribution >= 4 is 28.6 Å². The number of aryl methyl sites for hydroxylation is 1. The van der Waals surface area contributed by atoms with Gasteiger partial charge in [-0.25, -0.2) is 9.97 Å². The third-order valence-electron chi connectivity index (χ3n) is 5.63. The summed E-state index contributed by atoms with van der Waals surface area (Å²) in [4.78, 5) is 9.46. The number of thiazole rings is 1. The van der Waals surface area contributed by atoms with Crippen LogP contribution in [0.2, 0.25) is 0 Å². The molecule has 1 fully saturated rings. The molecule has 4 rings (SSSR count). The van der Waals surface area contributed by atoms with Crippen LogP contribution in [0.15, 0.2) is 17.6 Å². The van der Waals surface area contributed by atoms with E-state index in [1.54, 1.807) is 11.3 Å². The predicted molar refractivity (Wildman–Crippen MR) is 121 cm³/mol. The number of rotatable bonds is 7. The summed E-state index contributed by atoms with van der Waals surface area (Å²) in [5.74, 6) is 2.21. The molecular weight excluding hydrogens is 398 g/mol. The second-order valence-corrected chi connectivity index (χ2v) is 9.30. The van der Waals surface area contributed by atoms with Crippen molar-refractivity contribution in [3.8, 4) is 0 Å². The van der Waals surface area contributed by atoms with Crippen molar-refractivity contribution in [3.63, 3.8) is 0 Å². The van der Waals surface area contributed by atoms with E-state index in [4.69, 9.17) is 4.98 Å². The average molecular weight is 430 g/mol. The highest BCUT2D eigenvalue weighted by atomic mass is 32.1. The topological polar surface area (TPSA) is 99.4 Å². The maximum absolute atomic E-state index is 10.2. The summed E-state index contributed by atoms with van der Waals surface area (Å²) in [6.45, 7) is 10.7. The molecule has 0 aliphatic carbocycles. The minimum absolute atomic E-state index is 0.0556. The highest BCUT2D eigenvalue weighted by molar-refractivity contribution is 7.09. The number of fused-ring (bicyclic) bond motifs is 1. The number of piperidine rings is 1. The van der Waals surface area contributed by atoms with Gasteiger partial charge in [0, 0.05) is 41.7 Å². The van der Waals surface area contributed by atoms with Gasteiger partial charge in [-0.05, 0) is 32.7 Å². The van der Waals surface area contributed by atoms with Crippen LogP contribution in [0.4, 0.5) is 11.6 Å². The first-order chi connectivity index (χ1) is 14.4. The molecule has 162 valence electrons. The highest BCUT2D eigenvalue weighted by Crippen LogP contribution is 2.28. The Hall–Kier alpha value is -2.23. The van der Waals surface area contributed by atoms with E-state index < -0.39 is 0 Å². The number of anilines is 2. The van der Waals surface area contributed by atoms with Gasteiger partial charge in [0.15, 0.2) is 5.65 Å². The fourth-order valence-electron chi connectivity index (χ4n) is 3.81. The van der Waals surface area contributed by atoms with Crippen molar-refractivity contribution in [2.75, 3.05) is 30.3 Å². The third kappa shape index (κ3) is 4.43. The van der Waals surface area contributed by atoms with Gasteiger partial charge in [0.2, 0.25) is 0 Å². The molecule has 8 nitrogen and oxygen atoms in total. The molecule has 0 radical (unpaired) electrons. The van der Waals surface area contributed by atoms with Crippen LogP contribution < -0.4 is 16.0 Å². The molecule has 3 atom stereocenters. The monoisotopic (exact) mass is 429 g/mol. The summed E-state index contributed by atoms with van der Waals surface area (Å²) in [7, 11) is 0. The molecule has 0 bridgehead atoms. The lowest BCUT2D eigenvalue weighted by Gasteiger charge is -2.28. The van der Waals surface area contributed by atoms with E-state index in [-0.39, 0.29) is 18.1 Å². The maximum atomic E-state index is 10.2. The lowest BCUT2D eigenvalue weighted by atomic mass is 9.95. The fraction of sp³-hybridized carbons (Fsp3) is 0.571. The first-order valence-corrected chi connectivity index (χ1v) is 11.5. The molecule has 0 saturated carbocycles. The average Bonchev–Trinajstić information content (AvgIpc) is 3.34. The molecule has 1 aliphatic rings. The number of aliphatic hydroxyl groups excluding tert-OH is 1. The Morgan fingerprint density at radius 2 is 2.17 bits per heavy atom. The number of aromatic nitrogens is 4. The van der Waals surface area contributed by atoms with Crippen molar-refractivity contribution < 1.29 is 5.11 Å². The Morgan fingerprint density at radius 3 is 2.87 bits per heavy atom. The summed E-state index contributed by atoms with van der Waals surface area (Å²) in [5.41, 5.74) is 3.00. The Morgan fingerprint density at radius 1 is 1.33 bits per heavy atom. The van der Waals surface area contributed by atoms with Crippen LogP contribution in [0.25, 0.3) is 5.65 Å². The molecule has 1 aliphatic heterocycles. The molecule has 3 aromatic heterocycles. The number of β-amino-alcohol motifs (C(OH)–C–C–N with tert-alkyl or cyclic N) is 1. The second kappa shape index (κ2) is 8.87. The summed E-state index contributed by atoms with van der Waals surface area (Å²) in [6, 6.07) is 2.05. The van der Waals surface area contributed by atoms with Crippen molar-refractivity contribution in [1.29, 1.82) is 0 Å². The van der Waals surface area contributed by atoms with Crippen LogP contribution in [0.1, 0.15) is 55.4 Å². The van der Waals surface area contributed by atoms with Crippen LogP contribution in [0.5, 0.6) is 0 Å². The van der Waals surface area contributed by atoms with E-state index in [0.29, 0.717) is 19.0 Å². The van der Waals surface area contributed by atoms with Gasteiger partial charge < -0.3 is 21.1 Å². The first kappa shape index (κ1) is 21.0. The molecule has 1 unspecified atom stereocenters. The van der Waals surface area contributed by atoms with E-state index in [1.807, 2.05) is 23.7 Å². The second-order valence-electron chi connectivity index (χ2n) is 8.41. The Balaban J connectivity index is 1.62. The lowest BCUT2D eigenvalue weighted by molar-refractivity contribution is 0.0883. The van der Waals surface area contributed by atoms with Crippen LogP contribution in [-0.2, 0) is 0 Å². The molecule has 1 saturated heterocycles. The zero-order chi connectivity index (χ0) is 21.3. The van der Waals surface area contributed by atoms with Gasteiger partial charge in [-0.3, -0.25) is 0 Å². The van der Waals surface area contributed by atoms with Gasteiger partial charge in [0.1, 0.15) is 16.6 Å². The van der Waals surface area contributed by atoms with Crippen molar-refractivity contribution in [3.05, 3.63) is 33.9 Å². The summed E-state index contributed by atoms with van der Waals surface area (Å²) in [5, 5.41) is 28.2. The van der Waals surface area contributed by atoms with Gasteiger partial charge in [-0.1, -0.05) is 13.8 Å². The van der Waals surface area contributed by atoms with Crippen LogP contribution in [0, 0.1) is 12.8 Å². The van der Waals surface area contributed by atoms with Crippen LogP contribution in [0.3, 0.4) is 0 Å². The molecule has 0 spiro atoms. The normalized spacial score (nSPS) is 20.6. The Kier molecular flexibility index (Phi) is 6.21. The first-order valence-electron chi connectivity index (χ1n) is 10.6. The highest BCUT2D eigenvalue weighted by Gasteiger charge is 2.23. The van der Waals surface area contributed by atoms with Gasteiger partial charge >= 0.3 is 0 Å². The van der Waals surface area contributed by atoms with E-state index in [0.717, 1.165) is 46.5 Å². The van der Waals surface area contributed by atoms with Gasteiger partial charge in [0.25, 0.3) is 0 Å². The molecule has 4 heterocycles. The molecule has 9 heteroatoms. The Bertz CT molecular complexity index is 999. The molecule has 30 heavy (non-hydrogen) atoms. The number of hydrogen-bond acceptors (Lipinski definition) is 8. The molecule has 4 N–H and O–H groups in total. The molecule has 0 amide bonds. The van der Waals surface area contributed by atoms with E-state index in [9.17, 15) is 5.11 Å². The smallest absolute Gasteiger partial charge is 0.163 e. The van der Waals surface area contributed by atoms with E-state index in [1.165, 1.54) is 0 Å². The van der Waals surface area contributed by atoms with E-state index >= 15 is 0 Å². The fourth-order valence-corrected chi connectivity index (χ4v) is 4.61. The number of aliphatic hydroxyl groups is 1. The van der Waals surface area contributed by atoms with Crippen molar-refractivity contribution in [2.45, 2.75) is 52.2 Å². The summed E-state index contributed by atoms with van der Waals surface area (Å²) in [6.07, 6.45) is 2.52. The quantitative estimate of drug-likeness (QED) is 0.458. The number of hydrogen-bond donors (Lipinski definition) is 4. The number of nitrogens with one attached hydrogen (secondary N) is 3. The molecule has 0 aromatic carbocycles. The predicted octanol–water partition coefficient (Wildman–Crippen LogP) is 3.17. The molecular formula is C21H31N7OS. The Labute approximate surface area is 181 Å². The zero-order valence-corrected chi connectivity index (χ0v) is 18.8. The van der Waals surface area contributed by atoms with Crippen molar-refractivity contribution in [2.24, 2.45) is 5.92 Å². The van der Waals surface area contributed by atoms with Crippen molar-refractivity contribution in [1.82, 2.24) is 24.9 Å². The lowest BCUT2D eigenvalue weighted by Crippen LogP contribution is -2.43. The molecule has 3 aromatic rings. The maximum Gasteiger partial charge on any atom is 0.163 e. The van der Waals surface area contributed by atoms with Crippen LogP contribution >= 0.6 is 11.3 Å². The zero-order valence-electron chi connectivity index (χ0n) is 18.0.